The average molecular weight is 192 g/mol. The zero-order valence-corrected chi connectivity index (χ0v) is 8.40. The Hall–Kier alpha value is -1.28. The smallest absolute Gasteiger partial charge is 0.115 e. The zero-order chi connectivity index (χ0) is 10.6. The van der Waals surface area contributed by atoms with Gasteiger partial charge in [-0.25, -0.2) is 0 Å². The predicted octanol–water partition coefficient (Wildman–Crippen LogP) is 2.12. The van der Waals surface area contributed by atoms with Crippen LogP contribution in [0.4, 0.5) is 0 Å². The van der Waals surface area contributed by atoms with Gasteiger partial charge in [0.1, 0.15) is 5.75 Å². The van der Waals surface area contributed by atoms with Gasteiger partial charge in [0.05, 0.1) is 6.61 Å². The molecule has 1 aromatic rings. The fraction of sp³-hybridized carbons (Fsp3) is 0.333. The zero-order valence-electron chi connectivity index (χ0n) is 8.40. The van der Waals surface area contributed by atoms with Gasteiger partial charge in [0.2, 0.25) is 0 Å². The van der Waals surface area contributed by atoms with Gasteiger partial charge in [0.15, 0.2) is 0 Å². The van der Waals surface area contributed by atoms with E-state index >= 15 is 0 Å². The summed E-state index contributed by atoms with van der Waals surface area (Å²) in [4.78, 5) is 0. The van der Waals surface area contributed by atoms with E-state index in [1.807, 2.05) is 13.0 Å². The van der Waals surface area contributed by atoms with Gasteiger partial charge in [-0.2, -0.15) is 0 Å². The van der Waals surface area contributed by atoms with Crippen molar-refractivity contribution in [2.24, 2.45) is 5.41 Å². The van der Waals surface area contributed by atoms with E-state index in [2.05, 4.69) is 6.58 Å². The summed E-state index contributed by atoms with van der Waals surface area (Å²) in [6, 6.07) is 7.06. The van der Waals surface area contributed by atoms with Gasteiger partial charge in [-0.3, -0.25) is 0 Å². The van der Waals surface area contributed by atoms with Crippen LogP contribution >= 0.6 is 0 Å². The second kappa shape index (κ2) is 4.29. The van der Waals surface area contributed by atoms with E-state index in [1.54, 1.807) is 24.3 Å². The summed E-state index contributed by atoms with van der Waals surface area (Å²) in [5.41, 5.74) is 0.690. The molecule has 0 aliphatic rings. The second-order valence-electron chi connectivity index (χ2n) is 3.86. The van der Waals surface area contributed by atoms with Crippen molar-refractivity contribution < 1.29 is 10.2 Å². The highest BCUT2D eigenvalue weighted by Crippen LogP contribution is 2.24. The maximum absolute atomic E-state index is 9.27. The lowest BCUT2D eigenvalue weighted by molar-refractivity contribution is 0.184. The lowest BCUT2D eigenvalue weighted by Gasteiger charge is -2.22. The summed E-state index contributed by atoms with van der Waals surface area (Å²) < 4.78 is 0. The summed E-state index contributed by atoms with van der Waals surface area (Å²) >= 11 is 0. The molecule has 0 heterocycles. The summed E-state index contributed by atoms with van der Waals surface area (Å²) in [6.45, 7) is 5.70. The predicted molar refractivity (Wildman–Crippen MR) is 57.2 cm³/mol. The normalized spacial score (nSPS) is 14.7. The highest BCUT2D eigenvalue weighted by molar-refractivity contribution is 5.28. The van der Waals surface area contributed by atoms with Crippen LogP contribution in [0.15, 0.2) is 36.9 Å². The van der Waals surface area contributed by atoms with Crippen LogP contribution < -0.4 is 0 Å². The lowest BCUT2D eigenvalue weighted by Crippen LogP contribution is -2.21. The minimum Gasteiger partial charge on any atom is -0.508 e. The molecule has 0 spiro atoms. The maximum atomic E-state index is 9.27. The molecule has 1 unspecified atom stereocenters. The van der Waals surface area contributed by atoms with Crippen molar-refractivity contribution >= 4 is 0 Å². The van der Waals surface area contributed by atoms with Gasteiger partial charge in [0.25, 0.3) is 0 Å². The number of phenolic OH excluding ortho intramolecular Hbond substituents is 1. The number of aromatic hydroxyl groups is 1. The Bertz CT molecular complexity index is 320. The van der Waals surface area contributed by atoms with Crippen LogP contribution in [0.25, 0.3) is 0 Å². The Morgan fingerprint density at radius 2 is 2.21 bits per heavy atom. The first-order chi connectivity index (χ1) is 6.59. The summed E-state index contributed by atoms with van der Waals surface area (Å²) in [5.74, 6) is 0.256. The maximum Gasteiger partial charge on any atom is 0.115 e. The van der Waals surface area contributed by atoms with Crippen molar-refractivity contribution in [1.29, 1.82) is 0 Å². The van der Waals surface area contributed by atoms with E-state index in [0.717, 1.165) is 5.56 Å². The summed E-state index contributed by atoms with van der Waals surface area (Å²) in [7, 11) is 0. The van der Waals surface area contributed by atoms with Gasteiger partial charge >= 0.3 is 0 Å². The van der Waals surface area contributed by atoms with Crippen molar-refractivity contribution in [2.75, 3.05) is 6.61 Å². The van der Waals surface area contributed by atoms with E-state index in [4.69, 9.17) is 0 Å². The molecule has 0 saturated heterocycles. The third-order valence-electron chi connectivity index (χ3n) is 2.37. The van der Waals surface area contributed by atoms with Crippen LogP contribution in [0, 0.1) is 5.41 Å². The van der Waals surface area contributed by atoms with E-state index in [-0.39, 0.29) is 17.8 Å². The second-order valence-corrected chi connectivity index (χ2v) is 3.86. The van der Waals surface area contributed by atoms with E-state index in [0.29, 0.717) is 6.42 Å². The molecule has 14 heavy (non-hydrogen) atoms. The van der Waals surface area contributed by atoms with E-state index < -0.39 is 0 Å². The number of aliphatic hydroxyl groups is 1. The van der Waals surface area contributed by atoms with Gasteiger partial charge in [-0.1, -0.05) is 25.1 Å². The summed E-state index contributed by atoms with van der Waals surface area (Å²) in [5, 5.41) is 18.4. The van der Waals surface area contributed by atoms with Gasteiger partial charge in [-0.15, -0.1) is 6.58 Å². The molecule has 0 fully saturated rings. The molecule has 0 aromatic heterocycles. The largest absolute Gasteiger partial charge is 0.508 e. The monoisotopic (exact) mass is 192 g/mol. The van der Waals surface area contributed by atoms with E-state index in [9.17, 15) is 10.2 Å². The highest BCUT2D eigenvalue weighted by atomic mass is 16.3. The summed E-state index contributed by atoms with van der Waals surface area (Å²) in [6.07, 6.45) is 2.43. The molecule has 2 heteroatoms. The first-order valence-electron chi connectivity index (χ1n) is 4.62. The molecule has 2 N–H and O–H groups in total. The van der Waals surface area contributed by atoms with Crippen molar-refractivity contribution in [3.05, 3.63) is 42.5 Å². The third kappa shape index (κ3) is 2.60. The molecule has 76 valence electrons. The number of hydrogen-bond donors (Lipinski definition) is 2. The van der Waals surface area contributed by atoms with Gasteiger partial charge < -0.3 is 10.2 Å². The number of phenols is 1. The molecular weight excluding hydrogens is 176 g/mol. The van der Waals surface area contributed by atoms with Crippen LogP contribution in [-0.2, 0) is 6.42 Å². The lowest BCUT2D eigenvalue weighted by atomic mass is 9.85. The Morgan fingerprint density at radius 1 is 1.50 bits per heavy atom. The molecule has 0 saturated carbocycles. The molecule has 1 rings (SSSR count). The molecular formula is C12H16O2. The fourth-order valence-electron chi connectivity index (χ4n) is 1.33. The molecule has 0 amide bonds. The number of aliphatic hydroxyl groups excluding tert-OH is 1. The van der Waals surface area contributed by atoms with Crippen molar-refractivity contribution in [3.8, 4) is 5.75 Å². The Kier molecular flexibility index (Phi) is 3.31. The Labute approximate surface area is 84.5 Å². The number of rotatable bonds is 4. The molecule has 0 aliphatic carbocycles. The standard InChI is InChI=1S/C12H16O2/c1-3-12(2,9-13)8-10-5-4-6-11(14)7-10/h3-7,13-14H,1,8-9H2,2H3. The Morgan fingerprint density at radius 3 is 2.71 bits per heavy atom. The van der Waals surface area contributed by atoms with Gasteiger partial charge in [-0.05, 0) is 24.1 Å². The quantitative estimate of drug-likeness (QED) is 0.717. The van der Waals surface area contributed by atoms with Crippen molar-refractivity contribution in [3.63, 3.8) is 0 Å². The minimum atomic E-state index is -0.312. The number of hydrogen-bond acceptors (Lipinski definition) is 2. The fourth-order valence-corrected chi connectivity index (χ4v) is 1.33. The molecule has 1 atom stereocenters. The van der Waals surface area contributed by atoms with Crippen molar-refractivity contribution in [2.45, 2.75) is 13.3 Å². The van der Waals surface area contributed by atoms with Crippen LogP contribution in [0.2, 0.25) is 0 Å². The van der Waals surface area contributed by atoms with Crippen molar-refractivity contribution in [1.82, 2.24) is 0 Å². The first kappa shape index (κ1) is 10.8. The van der Waals surface area contributed by atoms with Crippen LogP contribution in [0.5, 0.6) is 5.75 Å². The molecule has 0 radical (unpaired) electrons. The van der Waals surface area contributed by atoms with Gasteiger partial charge in [0, 0.05) is 5.41 Å². The molecule has 2 nitrogen and oxygen atoms in total. The molecule has 1 aromatic carbocycles. The average Bonchev–Trinajstić information content (AvgIpc) is 2.18. The van der Waals surface area contributed by atoms with Crippen LogP contribution in [0.3, 0.4) is 0 Å². The number of benzene rings is 1. The SMILES string of the molecule is C=CC(C)(CO)Cc1cccc(O)c1. The first-order valence-corrected chi connectivity index (χ1v) is 4.62. The topological polar surface area (TPSA) is 40.5 Å². The molecule has 0 aliphatic heterocycles. The highest BCUT2D eigenvalue weighted by Gasteiger charge is 2.19. The minimum absolute atomic E-state index is 0.0617. The third-order valence-corrected chi connectivity index (χ3v) is 2.37. The molecule has 0 bridgehead atoms. The van der Waals surface area contributed by atoms with Crippen LogP contribution in [-0.4, -0.2) is 16.8 Å². The Balaban J connectivity index is 2.82. The van der Waals surface area contributed by atoms with E-state index in [1.165, 1.54) is 0 Å². The van der Waals surface area contributed by atoms with Crippen LogP contribution in [0.1, 0.15) is 12.5 Å².